The molecule has 1 amide bonds. The summed E-state index contributed by atoms with van der Waals surface area (Å²) in [5.41, 5.74) is 0.888. The van der Waals surface area contributed by atoms with Gasteiger partial charge in [-0.3, -0.25) is 14.6 Å². The van der Waals surface area contributed by atoms with Crippen molar-refractivity contribution in [3.8, 4) is 0 Å². The van der Waals surface area contributed by atoms with E-state index in [1.807, 2.05) is 0 Å². The molecule has 0 saturated heterocycles. The first-order chi connectivity index (χ1) is 10.0. The van der Waals surface area contributed by atoms with Gasteiger partial charge in [-0.25, -0.2) is 0 Å². The van der Waals surface area contributed by atoms with Gasteiger partial charge in [0.05, 0.1) is 6.20 Å². The van der Waals surface area contributed by atoms with Gasteiger partial charge < -0.3 is 5.32 Å². The molecule has 0 atom stereocenters. The molecule has 1 aliphatic rings. The summed E-state index contributed by atoms with van der Waals surface area (Å²) in [6, 6.07) is 7.92. The smallest absolute Gasteiger partial charge is 0.278 e. The number of aromatic amines is 1. The Bertz CT molecular complexity index is 734. The highest BCUT2D eigenvalue weighted by Crippen LogP contribution is 2.20. The molecule has 1 aromatic carbocycles. The molecule has 8 heteroatoms. The van der Waals surface area contributed by atoms with Crippen molar-refractivity contribution >= 4 is 21.6 Å². The van der Waals surface area contributed by atoms with E-state index in [-0.39, 0.29) is 17.0 Å². The monoisotopic (exact) mass is 306 g/mol. The number of hydrogen-bond acceptors (Lipinski definition) is 4. The van der Waals surface area contributed by atoms with Gasteiger partial charge in [0.1, 0.15) is 0 Å². The van der Waals surface area contributed by atoms with E-state index >= 15 is 0 Å². The summed E-state index contributed by atoms with van der Waals surface area (Å²) in [4.78, 5) is 11.8. The topological polar surface area (TPSA) is 104 Å². The lowest BCUT2D eigenvalue weighted by molar-refractivity contribution is 0.0951. The van der Waals surface area contributed by atoms with E-state index in [1.165, 1.54) is 12.3 Å². The lowest BCUT2D eigenvalue weighted by atomic mass is 10.2. The van der Waals surface area contributed by atoms with Crippen LogP contribution in [0.15, 0.2) is 41.6 Å². The number of H-pyrrole nitrogens is 1. The molecule has 1 heterocycles. The third-order valence-electron chi connectivity index (χ3n) is 3.08. The van der Waals surface area contributed by atoms with Gasteiger partial charge in [-0.1, -0.05) is 0 Å². The molecule has 0 unspecified atom stereocenters. The molecule has 1 aromatic heterocycles. The van der Waals surface area contributed by atoms with E-state index in [2.05, 4.69) is 20.2 Å². The van der Waals surface area contributed by atoms with Gasteiger partial charge in [0.25, 0.3) is 15.9 Å². The number of hydrogen-bond donors (Lipinski definition) is 3. The standard InChI is InChI=1S/C13H14N4O3S/c18-13(15-10-5-6-10)9-1-3-11(4-2-9)17-21(19,20)12-7-8-14-16-12/h1-4,7-8,10,17H,5-6H2,(H,14,16)(H,15,18). The van der Waals surface area contributed by atoms with E-state index in [0.29, 0.717) is 11.3 Å². The Kier molecular flexibility index (Phi) is 3.38. The van der Waals surface area contributed by atoms with Crippen LogP contribution in [0.3, 0.4) is 0 Å². The summed E-state index contributed by atoms with van der Waals surface area (Å²) in [7, 11) is -3.68. The molecule has 21 heavy (non-hydrogen) atoms. The second-order valence-corrected chi connectivity index (χ2v) is 6.50. The second-order valence-electron chi connectivity index (χ2n) is 4.85. The van der Waals surface area contributed by atoms with Crippen LogP contribution in [0.2, 0.25) is 0 Å². The van der Waals surface area contributed by atoms with Gasteiger partial charge >= 0.3 is 0 Å². The number of rotatable bonds is 5. The van der Waals surface area contributed by atoms with E-state index in [9.17, 15) is 13.2 Å². The molecule has 110 valence electrons. The zero-order chi connectivity index (χ0) is 14.9. The Hall–Kier alpha value is -2.35. The fourth-order valence-corrected chi connectivity index (χ4v) is 2.76. The first kappa shape index (κ1) is 13.6. The van der Waals surface area contributed by atoms with Crippen molar-refractivity contribution in [2.75, 3.05) is 4.72 Å². The SMILES string of the molecule is O=C(NC1CC1)c1ccc(NS(=O)(=O)c2ccn[nH]2)cc1. The molecular formula is C13H14N4O3S. The zero-order valence-electron chi connectivity index (χ0n) is 11.0. The fraction of sp³-hybridized carbons (Fsp3) is 0.231. The summed E-state index contributed by atoms with van der Waals surface area (Å²) in [5.74, 6) is -0.138. The van der Waals surface area contributed by atoms with Crippen LogP contribution in [0.5, 0.6) is 0 Å². The Morgan fingerprint density at radius 1 is 1.19 bits per heavy atom. The Labute approximate surface area is 121 Å². The number of amides is 1. The van der Waals surface area contributed by atoms with Crippen molar-refractivity contribution in [3.63, 3.8) is 0 Å². The lowest BCUT2D eigenvalue weighted by Crippen LogP contribution is -2.25. The number of sulfonamides is 1. The van der Waals surface area contributed by atoms with Crippen LogP contribution in [0.25, 0.3) is 0 Å². The Morgan fingerprint density at radius 3 is 2.48 bits per heavy atom. The molecule has 0 radical (unpaired) electrons. The minimum absolute atomic E-state index is 0.0157. The van der Waals surface area contributed by atoms with E-state index < -0.39 is 10.0 Å². The molecule has 0 bridgehead atoms. The van der Waals surface area contributed by atoms with Crippen molar-refractivity contribution in [2.45, 2.75) is 23.9 Å². The first-order valence-electron chi connectivity index (χ1n) is 6.48. The maximum Gasteiger partial charge on any atom is 0.278 e. The number of carbonyl (C=O) groups excluding carboxylic acids is 1. The van der Waals surface area contributed by atoms with Gasteiger partial charge in [-0.15, -0.1) is 0 Å². The maximum absolute atomic E-state index is 12.0. The van der Waals surface area contributed by atoms with Crippen LogP contribution in [-0.4, -0.2) is 30.6 Å². The number of nitrogens with one attached hydrogen (secondary N) is 3. The van der Waals surface area contributed by atoms with E-state index in [4.69, 9.17) is 0 Å². The quantitative estimate of drug-likeness (QED) is 0.769. The predicted octanol–water partition coefficient (Wildman–Crippen LogP) is 1.10. The van der Waals surface area contributed by atoms with E-state index in [1.54, 1.807) is 24.3 Å². The van der Waals surface area contributed by atoms with Crippen molar-refractivity contribution in [1.82, 2.24) is 15.5 Å². The molecule has 0 spiro atoms. The average molecular weight is 306 g/mol. The number of benzene rings is 1. The summed E-state index contributed by atoms with van der Waals surface area (Å²) in [6.07, 6.45) is 3.40. The highest BCUT2D eigenvalue weighted by atomic mass is 32.2. The third kappa shape index (κ3) is 3.22. The zero-order valence-corrected chi connectivity index (χ0v) is 11.9. The summed E-state index contributed by atoms with van der Waals surface area (Å²) in [5, 5.41) is 8.85. The lowest BCUT2D eigenvalue weighted by Gasteiger charge is -2.07. The fourth-order valence-electron chi connectivity index (χ4n) is 1.79. The van der Waals surface area contributed by atoms with Crippen LogP contribution < -0.4 is 10.0 Å². The summed E-state index contributed by atoms with van der Waals surface area (Å²) in [6.45, 7) is 0. The average Bonchev–Trinajstić information content (AvgIpc) is 3.07. The molecular weight excluding hydrogens is 292 g/mol. The molecule has 3 N–H and O–H groups in total. The van der Waals surface area contributed by atoms with Crippen molar-refractivity contribution in [1.29, 1.82) is 0 Å². The second kappa shape index (κ2) is 5.21. The molecule has 1 saturated carbocycles. The number of carbonyl (C=O) groups is 1. The molecule has 0 aliphatic heterocycles. The van der Waals surface area contributed by atoms with Crippen LogP contribution in [-0.2, 0) is 10.0 Å². The summed E-state index contributed by atoms with van der Waals surface area (Å²) >= 11 is 0. The van der Waals surface area contributed by atoms with Crippen molar-refractivity contribution < 1.29 is 13.2 Å². The normalized spacial score (nSPS) is 14.7. The van der Waals surface area contributed by atoms with E-state index in [0.717, 1.165) is 12.8 Å². The number of aromatic nitrogens is 2. The summed E-state index contributed by atoms with van der Waals surface area (Å²) < 4.78 is 26.4. The van der Waals surface area contributed by atoms with Crippen LogP contribution in [0, 0.1) is 0 Å². The minimum atomic E-state index is -3.68. The Balaban J connectivity index is 1.71. The van der Waals surface area contributed by atoms with Crippen molar-refractivity contribution in [3.05, 3.63) is 42.1 Å². The number of anilines is 1. The number of nitrogens with zero attached hydrogens (tertiary/aromatic N) is 1. The van der Waals surface area contributed by atoms with Crippen LogP contribution in [0.1, 0.15) is 23.2 Å². The molecule has 2 aromatic rings. The van der Waals surface area contributed by atoms with Crippen molar-refractivity contribution in [2.24, 2.45) is 0 Å². The predicted molar refractivity (Wildman–Crippen MR) is 76.3 cm³/mol. The van der Waals surface area contributed by atoms with Crippen LogP contribution in [0.4, 0.5) is 5.69 Å². The van der Waals surface area contributed by atoms with Gasteiger partial charge in [-0.2, -0.15) is 13.5 Å². The third-order valence-corrected chi connectivity index (χ3v) is 4.39. The molecule has 1 fully saturated rings. The molecule has 3 rings (SSSR count). The molecule has 1 aliphatic carbocycles. The first-order valence-corrected chi connectivity index (χ1v) is 7.96. The van der Waals surface area contributed by atoms with Gasteiger partial charge in [0, 0.05) is 17.3 Å². The maximum atomic E-state index is 12.0. The highest BCUT2D eigenvalue weighted by Gasteiger charge is 2.23. The van der Waals surface area contributed by atoms with Gasteiger partial charge in [0.2, 0.25) is 0 Å². The van der Waals surface area contributed by atoms with Gasteiger partial charge in [-0.05, 0) is 43.2 Å². The largest absolute Gasteiger partial charge is 0.349 e. The highest BCUT2D eigenvalue weighted by molar-refractivity contribution is 7.92. The van der Waals surface area contributed by atoms with Crippen LogP contribution >= 0.6 is 0 Å². The minimum Gasteiger partial charge on any atom is -0.349 e. The Morgan fingerprint density at radius 2 is 1.90 bits per heavy atom. The van der Waals surface area contributed by atoms with Gasteiger partial charge in [0.15, 0.2) is 5.03 Å². The molecule has 7 nitrogen and oxygen atoms in total.